The zero-order chi connectivity index (χ0) is 16.6. The molecule has 0 bridgehead atoms. The van der Waals surface area contributed by atoms with Gasteiger partial charge in [-0.15, -0.1) is 0 Å². The van der Waals surface area contributed by atoms with Crippen LogP contribution in [0.2, 0.25) is 0 Å². The second-order valence-electron chi connectivity index (χ2n) is 6.24. The number of amides is 1. The summed E-state index contributed by atoms with van der Waals surface area (Å²) in [5.41, 5.74) is 0.275. The van der Waals surface area contributed by atoms with E-state index in [2.05, 4.69) is 5.32 Å². The lowest BCUT2D eigenvalue weighted by atomic mass is 9.93. The fourth-order valence-corrected chi connectivity index (χ4v) is 2.88. The van der Waals surface area contributed by atoms with Crippen LogP contribution in [-0.4, -0.2) is 47.5 Å². The third-order valence-corrected chi connectivity index (χ3v) is 3.96. The molecule has 0 unspecified atom stereocenters. The fourth-order valence-electron chi connectivity index (χ4n) is 2.88. The number of ether oxygens (including phenoxy) is 1. The van der Waals surface area contributed by atoms with E-state index in [1.807, 2.05) is 13.8 Å². The number of non-ortho nitro benzene ring substituents is 1. The molecular formula is C16H19N3O4. The van der Waals surface area contributed by atoms with Gasteiger partial charge in [-0.1, -0.05) is 0 Å². The Kier molecular flexibility index (Phi) is 3.81. The number of nitro groups is 1. The SMILES string of the molecule is CC1(C)C=C(C(=O)N2CCNCC2)c2cc([N+](=O)[O-])ccc2O1. The largest absolute Gasteiger partial charge is 0.483 e. The molecule has 0 aliphatic carbocycles. The molecule has 0 saturated carbocycles. The molecule has 3 rings (SSSR count). The topological polar surface area (TPSA) is 84.7 Å². The number of benzene rings is 1. The Morgan fingerprint density at radius 3 is 2.70 bits per heavy atom. The van der Waals surface area contributed by atoms with Gasteiger partial charge < -0.3 is 15.0 Å². The average Bonchev–Trinajstić information content (AvgIpc) is 2.53. The van der Waals surface area contributed by atoms with Crippen LogP contribution < -0.4 is 10.1 Å². The normalized spacial score (nSPS) is 19.4. The number of nitrogens with zero attached hydrogens (tertiary/aromatic N) is 2. The standard InChI is InChI=1S/C16H19N3O4/c1-16(2)10-13(15(20)18-7-5-17-6-8-18)12-9-11(19(21)22)3-4-14(12)23-16/h3-4,9-10,17H,5-8H2,1-2H3. The smallest absolute Gasteiger partial charge is 0.270 e. The summed E-state index contributed by atoms with van der Waals surface area (Å²) in [4.78, 5) is 25.2. The number of hydrogen-bond acceptors (Lipinski definition) is 5. The molecule has 1 N–H and O–H groups in total. The lowest BCUT2D eigenvalue weighted by molar-refractivity contribution is -0.384. The minimum Gasteiger partial charge on any atom is -0.483 e. The van der Waals surface area contributed by atoms with E-state index in [-0.39, 0.29) is 11.6 Å². The van der Waals surface area contributed by atoms with Crippen LogP contribution in [0, 0.1) is 10.1 Å². The van der Waals surface area contributed by atoms with Crippen LogP contribution in [0.4, 0.5) is 5.69 Å². The van der Waals surface area contributed by atoms with Crippen molar-refractivity contribution in [2.45, 2.75) is 19.4 Å². The summed E-state index contributed by atoms with van der Waals surface area (Å²) in [6.07, 6.45) is 1.75. The molecule has 0 radical (unpaired) electrons. The molecule has 2 aliphatic heterocycles. The Morgan fingerprint density at radius 2 is 2.04 bits per heavy atom. The fraction of sp³-hybridized carbons (Fsp3) is 0.438. The van der Waals surface area contributed by atoms with E-state index >= 15 is 0 Å². The minimum atomic E-state index is -0.637. The minimum absolute atomic E-state index is 0.0499. The molecule has 1 amide bonds. The number of fused-ring (bicyclic) bond motifs is 1. The lowest BCUT2D eigenvalue weighted by Crippen LogP contribution is -2.47. The van der Waals surface area contributed by atoms with Gasteiger partial charge in [0.25, 0.3) is 11.6 Å². The summed E-state index contributed by atoms with van der Waals surface area (Å²) in [6.45, 7) is 6.48. The zero-order valence-corrected chi connectivity index (χ0v) is 13.2. The molecule has 2 heterocycles. The van der Waals surface area contributed by atoms with E-state index in [1.54, 1.807) is 17.0 Å². The van der Waals surface area contributed by atoms with Gasteiger partial charge in [0.05, 0.1) is 10.5 Å². The maximum atomic E-state index is 12.9. The predicted molar refractivity (Wildman–Crippen MR) is 85.2 cm³/mol. The molecule has 1 saturated heterocycles. The lowest BCUT2D eigenvalue weighted by Gasteiger charge is -2.34. The van der Waals surface area contributed by atoms with Crippen LogP contribution in [-0.2, 0) is 4.79 Å². The summed E-state index contributed by atoms with van der Waals surface area (Å²) in [5.74, 6) is 0.395. The van der Waals surface area contributed by atoms with Crippen LogP contribution in [0.15, 0.2) is 24.3 Å². The van der Waals surface area contributed by atoms with E-state index in [9.17, 15) is 14.9 Å². The third-order valence-electron chi connectivity index (χ3n) is 3.96. The highest BCUT2D eigenvalue weighted by Gasteiger charge is 2.33. The maximum absolute atomic E-state index is 12.9. The molecule has 23 heavy (non-hydrogen) atoms. The first-order valence-electron chi connectivity index (χ1n) is 7.58. The first-order valence-corrected chi connectivity index (χ1v) is 7.58. The van der Waals surface area contributed by atoms with Gasteiger partial charge >= 0.3 is 0 Å². The molecule has 1 fully saturated rings. The molecule has 2 aliphatic rings. The van der Waals surface area contributed by atoms with Gasteiger partial charge in [0.2, 0.25) is 0 Å². The van der Waals surface area contributed by atoms with Crippen molar-refractivity contribution in [2.75, 3.05) is 26.2 Å². The molecule has 7 heteroatoms. The second-order valence-corrected chi connectivity index (χ2v) is 6.24. The molecule has 0 spiro atoms. The van der Waals surface area contributed by atoms with Crippen molar-refractivity contribution in [1.29, 1.82) is 0 Å². The Balaban J connectivity index is 2.03. The van der Waals surface area contributed by atoms with Gasteiger partial charge in [-0.2, -0.15) is 0 Å². The second kappa shape index (κ2) is 5.66. The Morgan fingerprint density at radius 1 is 1.35 bits per heavy atom. The Labute approximate surface area is 134 Å². The average molecular weight is 317 g/mol. The van der Waals surface area contributed by atoms with Crippen molar-refractivity contribution >= 4 is 17.2 Å². The molecule has 1 aromatic rings. The Hall–Kier alpha value is -2.41. The van der Waals surface area contributed by atoms with E-state index < -0.39 is 10.5 Å². The number of nitro benzene ring substituents is 1. The third kappa shape index (κ3) is 3.05. The van der Waals surface area contributed by atoms with E-state index in [1.165, 1.54) is 12.1 Å². The quantitative estimate of drug-likeness (QED) is 0.661. The van der Waals surface area contributed by atoms with Crippen LogP contribution in [0.1, 0.15) is 19.4 Å². The van der Waals surface area contributed by atoms with Gasteiger partial charge in [-0.05, 0) is 26.0 Å². The highest BCUT2D eigenvalue weighted by Crippen LogP contribution is 2.38. The highest BCUT2D eigenvalue weighted by molar-refractivity contribution is 6.21. The molecular weight excluding hydrogens is 298 g/mol. The number of carbonyl (C=O) groups is 1. The molecule has 122 valence electrons. The van der Waals surface area contributed by atoms with E-state index in [0.29, 0.717) is 30.0 Å². The molecule has 0 atom stereocenters. The summed E-state index contributed by atoms with van der Waals surface area (Å²) < 4.78 is 5.84. The van der Waals surface area contributed by atoms with E-state index in [0.717, 1.165) is 13.1 Å². The monoisotopic (exact) mass is 317 g/mol. The predicted octanol–water partition coefficient (Wildman–Crippen LogP) is 1.58. The number of hydrogen-bond donors (Lipinski definition) is 1. The van der Waals surface area contributed by atoms with Crippen molar-refractivity contribution in [3.63, 3.8) is 0 Å². The van der Waals surface area contributed by atoms with Crippen LogP contribution in [0.25, 0.3) is 5.57 Å². The van der Waals surface area contributed by atoms with Gasteiger partial charge in [0.1, 0.15) is 11.4 Å². The summed E-state index contributed by atoms with van der Waals surface area (Å²) >= 11 is 0. The number of carbonyl (C=O) groups excluding carboxylic acids is 1. The summed E-state index contributed by atoms with van der Waals surface area (Å²) in [6, 6.07) is 4.37. The van der Waals surface area contributed by atoms with Crippen molar-refractivity contribution in [2.24, 2.45) is 0 Å². The van der Waals surface area contributed by atoms with Crippen molar-refractivity contribution in [1.82, 2.24) is 10.2 Å². The van der Waals surface area contributed by atoms with Crippen molar-refractivity contribution in [3.8, 4) is 5.75 Å². The number of piperazine rings is 1. The van der Waals surface area contributed by atoms with Gasteiger partial charge in [-0.25, -0.2) is 0 Å². The maximum Gasteiger partial charge on any atom is 0.270 e. The first-order chi connectivity index (χ1) is 10.9. The zero-order valence-electron chi connectivity index (χ0n) is 13.2. The van der Waals surface area contributed by atoms with E-state index in [4.69, 9.17) is 4.74 Å². The molecule has 1 aromatic carbocycles. The van der Waals surface area contributed by atoms with Crippen LogP contribution in [0.3, 0.4) is 0 Å². The van der Waals surface area contributed by atoms with Gasteiger partial charge in [-0.3, -0.25) is 14.9 Å². The summed E-state index contributed by atoms with van der Waals surface area (Å²) in [5, 5.41) is 14.2. The highest BCUT2D eigenvalue weighted by atomic mass is 16.6. The molecule has 0 aromatic heterocycles. The van der Waals surface area contributed by atoms with Gasteiger partial charge in [0, 0.05) is 43.9 Å². The van der Waals surface area contributed by atoms with Crippen molar-refractivity contribution in [3.05, 3.63) is 40.0 Å². The van der Waals surface area contributed by atoms with Crippen LogP contribution >= 0.6 is 0 Å². The molecule has 7 nitrogen and oxygen atoms in total. The summed E-state index contributed by atoms with van der Waals surface area (Å²) in [7, 11) is 0. The first kappa shape index (κ1) is 15.5. The van der Waals surface area contributed by atoms with Crippen molar-refractivity contribution < 1.29 is 14.5 Å². The Bertz CT molecular complexity index is 691. The van der Waals surface area contributed by atoms with Crippen LogP contribution in [0.5, 0.6) is 5.75 Å². The number of nitrogens with one attached hydrogen (secondary N) is 1. The van der Waals surface area contributed by atoms with Gasteiger partial charge in [0.15, 0.2) is 0 Å². The number of rotatable bonds is 2.